The lowest BCUT2D eigenvalue weighted by molar-refractivity contribution is -0.385. The Morgan fingerprint density at radius 3 is 2.63 bits per heavy atom. The van der Waals surface area contributed by atoms with Gasteiger partial charge in [0.1, 0.15) is 11.4 Å². The van der Waals surface area contributed by atoms with Crippen molar-refractivity contribution in [2.45, 2.75) is 17.7 Å². The van der Waals surface area contributed by atoms with Crippen LogP contribution in [0.2, 0.25) is 0 Å². The smallest absolute Gasteiger partial charge is 0.282 e. The van der Waals surface area contributed by atoms with Gasteiger partial charge in [-0.3, -0.25) is 14.9 Å². The number of alkyl halides is 1. The summed E-state index contributed by atoms with van der Waals surface area (Å²) in [5, 5.41) is 10.9. The van der Waals surface area contributed by atoms with Crippen molar-refractivity contribution in [3.05, 3.63) is 39.7 Å². The molecule has 19 heavy (non-hydrogen) atoms. The molecule has 1 aromatic rings. The maximum Gasteiger partial charge on any atom is 0.282 e. The first kappa shape index (κ1) is 13.9. The standard InChI is InChI=1S/C12H12BrFN2O3/c13-8-3-5-15(6-4-8)12(17)10-7-9(14)1-2-11(10)16(18)19/h1-2,7-8H,3-6H2. The van der Waals surface area contributed by atoms with Crippen LogP contribution in [0, 0.1) is 15.9 Å². The number of hydrogen-bond donors (Lipinski definition) is 0. The number of rotatable bonds is 2. The van der Waals surface area contributed by atoms with E-state index in [0.717, 1.165) is 31.0 Å². The zero-order valence-electron chi connectivity index (χ0n) is 10.0. The molecule has 2 rings (SSSR count). The second-order valence-corrected chi connectivity index (χ2v) is 5.68. The quantitative estimate of drug-likeness (QED) is 0.476. The van der Waals surface area contributed by atoms with Gasteiger partial charge in [-0.25, -0.2) is 4.39 Å². The molecule has 0 aromatic heterocycles. The third kappa shape index (κ3) is 3.09. The molecule has 0 bridgehead atoms. The fraction of sp³-hybridized carbons (Fsp3) is 0.417. The highest BCUT2D eigenvalue weighted by molar-refractivity contribution is 9.09. The van der Waals surface area contributed by atoms with Crippen molar-refractivity contribution in [3.8, 4) is 0 Å². The predicted molar refractivity (Wildman–Crippen MR) is 70.9 cm³/mol. The molecule has 5 nitrogen and oxygen atoms in total. The summed E-state index contributed by atoms with van der Waals surface area (Å²) in [5.74, 6) is -1.13. The van der Waals surface area contributed by atoms with Gasteiger partial charge in [-0.15, -0.1) is 0 Å². The monoisotopic (exact) mass is 330 g/mol. The van der Waals surface area contributed by atoms with E-state index < -0.39 is 16.6 Å². The normalized spacial score (nSPS) is 16.4. The molecule has 1 fully saturated rings. The number of carbonyl (C=O) groups excluding carboxylic acids is 1. The minimum Gasteiger partial charge on any atom is -0.338 e. The highest BCUT2D eigenvalue weighted by Gasteiger charge is 2.27. The van der Waals surface area contributed by atoms with Gasteiger partial charge in [-0.1, -0.05) is 15.9 Å². The number of amides is 1. The SMILES string of the molecule is O=C(c1cc(F)ccc1[N+](=O)[O-])N1CCC(Br)CC1. The van der Waals surface area contributed by atoms with Gasteiger partial charge in [-0.05, 0) is 25.0 Å². The number of piperidine rings is 1. The predicted octanol–water partition coefficient (Wildman–Crippen LogP) is 2.73. The number of carbonyl (C=O) groups is 1. The van der Waals surface area contributed by atoms with Crippen LogP contribution in [0.5, 0.6) is 0 Å². The number of benzene rings is 1. The van der Waals surface area contributed by atoms with E-state index in [1.165, 1.54) is 4.90 Å². The van der Waals surface area contributed by atoms with E-state index in [2.05, 4.69) is 15.9 Å². The summed E-state index contributed by atoms with van der Waals surface area (Å²) in [5.41, 5.74) is -0.537. The third-order valence-electron chi connectivity index (χ3n) is 3.10. The summed E-state index contributed by atoms with van der Waals surface area (Å²) >= 11 is 3.46. The summed E-state index contributed by atoms with van der Waals surface area (Å²) in [4.78, 5) is 24.3. The minimum atomic E-state index is -0.663. The number of nitro benzene ring substituents is 1. The minimum absolute atomic E-state index is 0.182. The molecule has 0 radical (unpaired) electrons. The maximum atomic E-state index is 13.2. The van der Waals surface area contributed by atoms with E-state index in [1.54, 1.807) is 0 Å². The Hall–Kier alpha value is -1.50. The average molecular weight is 331 g/mol. The van der Waals surface area contributed by atoms with Crippen LogP contribution in [0.4, 0.5) is 10.1 Å². The molecule has 1 saturated heterocycles. The Labute approximate surface area is 117 Å². The molecule has 1 aromatic carbocycles. The molecular weight excluding hydrogens is 319 g/mol. The van der Waals surface area contributed by atoms with Crippen molar-refractivity contribution in [2.24, 2.45) is 0 Å². The van der Waals surface area contributed by atoms with E-state index >= 15 is 0 Å². The fourth-order valence-corrected chi connectivity index (χ4v) is 2.47. The van der Waals surface area contributed by atoms with Crippen LogP contribution in [-0.2, 0) is 0 Å². The molecule has 1 amide bonds. The van der Waals surface area contributed by atoms with Crippen LogP contribution < -0.4 is 0 Å². The van der Waals surface area contributed by atoms with Crippen LogP contribution in [0.3, 0.4) is 0 Å². The number of nitrogens with zero attached hydrogens (tertiary/aromatic N) is 2. The third-order valence-corrected chi connectivity index (χ3v) is 4.01. The molecule has 0 aliphatic carbocycles. The van der Waals surface area contributed by atoms with E-state index in [-0.39, 0.29) is 11.3 Å². The first-order valence-electron chi connectivity index (χ1n) is 5.86. The Kier molecular flexibility index (Phi) is 4.14. The summed E-state index contributed by atoms with van der Waals surface area (Å²) in [6.45, 7) is 1.03. The van der Waals surface area contributed by atoms with Gasteiger partial charge in [0.05, 0.1) is 4.92 Å². The van der Waals surface area contributed by atoms with Crippen molar-refractivity contribution in [1.29, 1.82) is 0 Å². The Morgan fingerprint density at radius 2 is 2.05 bits per heavy atom. The van der Waals surface area contributed by atoms with Gasteiger partial charge in [0.2, 0.25) is 0 Å². The van der Waals surface area contributed by atoms with Gasteiger partial charge in [0.15, 0.2) is 0 Å². The average Bonchev–Trinajstić information content (AvgIpc) is 2.38. The van der Waals surface area contributed by atoms with Crippen LogP contribution >= 0.6 is 15.9 Å². The molecule has 0 spiro atoms. The van der Waals surface area contributed by atoms with Gasteiger partial charge < -0.3 is 4.90 Å². The molecule has 7 heteroatoms. The van der Waals surface area contributed by atoms with Crippen molar-refractivity contribution in [3.63, 3.8) is 0 Å². The molecule has 1 heterocycles. The zero-order chi connectivity index (χ0) is 14.0. The second-order valence-electron chi connectivity index (χ2n) is 4.39. The highest BCUT2D eigenvalue weighted by Crippen LogP contribution is 2.24. The summed E-state index contributed by atoms with van der Waals surface area (Å²) in [6, 6.07) is 2.94. The lowest BCUT2D eigenvalue weighted by Crippen LogP contribution is -2.39. The topological polar surface area (TPSA) is 63.4 Å². The first-order valence-corrected chi connectivity index (χ1v) is 6.78. The molecular formula is C12H12BrFN2O3. The van der Waals surface area contributed by atoms with Crippen LogP contribution in [0.25, 0.3) is 0 Å². The van der Waals surface area contributed by atoms with Gasteiger partial charge in [0.25, 0.3) is 11.6 Å². The number of halogens is 2. The highest BCUT2D eigenvalue weighted by atomic mass is 79.9. The van der Waals surface area contributed by atoms with Gasteiger partial charge in [-0.2, -0.15) is 0 Å². The zero-order valence-corrected chi connectivity index (χ0v) is 11.6. The molecule has 0 N–H and O–H groups in total. The van der Waals surface area contributed by atoms with Crippen LogP contribution in [-0.4, -0.2) is 33.6 Å². The molecule has 0 saturated carbocycles. The summed E-state index contributed by atoms with van der Waals surface area (Å²) in [7, 11) is 0. The van der Waals surface area contributed by atoms with E-state index in [0.29, 0.717) is 17.9 Å². The van der Waals surface area contributed by atoms with E-state index in [1.807, 2.05) is 0 Å². The first-order chi connectivity index (χ1) is 8.99. The van der Waals surface area contributed by atoms with Crippen molar-refractivity contribution in [2.75, 3.05) is 13.1 Å². The van der Waals surface area contributed by atoms with Gasteiger partial charge in [0, 0.05) is 24.0 Å². The van der Waals surface area contributed by atoms with Crippen molar-refractivity contribution >= 4 is 27.5 Å². The van der Waals surface area contributed by atoms with Crippen molar-refractivity contribution in [1.82, 2.24) is 4.90 Å². The largest absolute Gasteiger partial charge is 0.338 e. The number of nitro groups is 1. The summed E-state index contributed by atoms with van der Waals surface area (Å²) in [6.07, 6.45) is 1.57. The molecule has 0 atom stereocenters. The number of likely N-dealkylation sites (tertiary alicyclic amines) is 1. The van der Waals surface area contributed by atoms with Crippen LogP contribution in [0.1, 0.15) is 23.2 Å². The lowest BCUT2D eigenvalue weighted by atomic mass is 10.1. The lowest BCUT2D eigenvalue weighted by Gasteiger charge is -2.29. The van der Waals surface area contributed by atoms with Gasteiger partial charge >= 0.3 is 0 Å². The van der Waals surface area contributed by atoms with E-state index in [9.17, 15) is 19.3 Å². The van der Waals surface area contributed by atoms with Crippen molar-refractivity contribution < 1.29 is 14.1 Å². The Balaban J connectivity index is 2.27. The fourth-order valence-electron chi connectivity index (χ4n) is 2.06. The molecule has 1 aliphatic rings. The Bertz CT molecular complexity index is 516. The number of hydrogen-bond acceptors (Lipinski definition) is 3. The summed E-state index contributed by atoms with van der Waals surface area (Å²) < 4.78 is 13.2. The van der Waals surface area contributed by atoms with Crippen LogP contribution in [0.15, 0.2) is 18.2 Å². The molecule has 1 aliphatic heterocycles. The maximum absolute atomic E-state index is 13.2. The van der Waals surface area contributed by atoms with E-state index in [4.69, 9.17) is 0 Å². The molecule has 0 unspecified atom stereocenters. The Morgan fingerprint density at radius 1 is 1.42 bits per heavy atom. The second kappa shape index (κ2) is 5.64. The molecule has 102 valence electrons.